The predicted molar refractivity (Wildman–Crippen MR) is 121 cm³/mol. The van der Waals surface area contributed by atoms with E-state index < -0.39 is 17.7 Å². The molecule has 162 valence electrons. The molecule has 1 N–H and O–H groups in total. The SMILES string of the molecule is COc1ccc(/C(O)=C2\C(=O)C(=O)N(Cc3ccccn3)C2c2ccccc2C)c(C)c1. The van der Waals surface area contributed by atoms with E-state index in [2.05, 4.69) is 4.98 Å². The number of amides is 1. The Balaban J connectivity index is 1.90. The highest BCUT2D eigenvalue weighted by atomic mass is 16.5. The summed E-state index contributed by atoms with van der Waals surface area (Å²) in [4.78, 5) is 32.1. The molecule has 1 amide bonds. The standard InChI is InChI=1S/C26H24N2O4/c1-16-8-4-5-10-20(16)23-22(24(29)21-12-11-19(32-3)14-17(21)2)25(30)26(31)28(23)15-18-9-6-7-13-27-18/h4-14,23,29H,15H2,1-3H3/b24-22+. The molecule has 6 nitrogen and oxygen atoms in total. The van der Waals surface area contributed by atoms with E-state index in [1.807, 2.05) is 50.2 Å². The minimum absolute atomic E-state index is 0.0773. The van der Waals surface area contributed by atoms with Gasteiger partial charge in [0.15, 0.2) is 0 Å². The molecular weight excluding hydrogens is 404 g/mol. The van der Waals surface area contributed by atoms with Crippen LogP contribution in [0.2, 0.25) is 0 Å². The van der Waals surface area contributed by atoms with Crippen molar-refractivity contribution in [3.63, 3.8) is 0 Å². The first-order valence-corrected chi connectivity index (χ1v) is 10.3. The van der Waals surface area contributed by atoms with Crippen LogP contribution < -0.4 is 4.74 Å². The molecule has 1 saturated heterocycles. The topological polar surface area (TPSA) is 79.7 Å². The fourth-order valence-corrected chi connectivity index (χ4v) is 4.10. The van der Waals surface area contributed by atoms with Crippen molar-refractivity contribution in [2.45, 2.75) is 26.4 Å². The third kappa shape index (κ3) is 3.75. The van der Waals surface area contributed by atoms with Gasteiger partial charge >= 0.3 is 0 Å². The lowest BCUT2D eigenvalue weighted by molar-refractivity contribution is -0.140. The van der Waals surface area contributed by atoms with Gasteiger partial charge in [-0.1, -0.05) is 30.3 Å². The Morgan fingerprint density at radius 1 is 1.03 bits per heavy atom. The number of pyridine rings is 1. The number of hydrogen-bond acceptors (Lipinski definition) is 5. The number of carbonyl (C=O) groups is 2. The molecule has 0 bridgehead atoms. The van der Waals surface area contributed by atoms with Crippen LogP contribution in [0.15, 0.2) is 72.4 Å². The van der Waals surface area contributed by atoms with Crippen molar-refractivity contribution in [1.82, 2.24) is 9.88 Å². The highest BCUT2D eigenvalue weighted by molar-refractivity contribution is 6.46. The molecule has 2 heterocycles. The second-order valence-electron chi connectivity index (χ2n) is 7.79. The monoisotopic (exact) mass is 428 g/mol. The zero-order valence-electron chi connectivity index (χ0n) is 18.2. The Morgan fingerprint density at radius 3 is 2.44 bits per heavy atom. The number of methoxy groups -OCH3 is 1. The van der Waals surface area contributed by atoms with E-state index in [1.54, 1.807) is 37.6 Å². The average molecular weight is 428 g/mol. The Hall–Kier alpha value is -3.93. The highest BCUT2D eigenvalue weighted by Crippen LogP contribution is 2.41. The second-order valence-corrected chi connectivity index (χ2v) is 7.79. The summed E-state index contributed by atoms with van der Waals surface area (Å²) in [5, 5.41) is 11.3. The van der Waals surface area contributed by atoms with Gasteiger partial charge in [0, 0.05) is 11.8 Å². The fourth-order valence-electron chi connectivity index (χ4n) is 4.10. The molecule has 1 fully saturated rings. The van der Waals surface area contributed by atoms with Crippen molar-refractivity contribution in [3.8, 4) is 5.75 Å². The maximum Gasteiger partial charge on any atom is 0.296 e. The number of carbonyl (C=O) groups excluding carboxylic acids is 2. The normalized spacial score (nSPS) is 17.6. The summed E-state index contributed by atoms with van der Waals surface area (Å²) in [6, 6.07) is 17.5. The number of nitrogens with zero attached hydrogens (tertiary/aromatic N) is 2. The summed E-state index contributed by atoms with van der Waals surface area (Å²) in [5.74, 6) is -0.913. The molecule has 0 aliphatic carbocycles. The third-order valence-corrected chi connectivity index (χ3v) is 5.77. The first kappa shape index (κ1) is 21.3. The van der Waals surface area contributed by atoms with Crippen LogP contribution in [0.5, 0.6) is 5.75 Å². The number of aliphatic hydroxyl groups is 1. The molecule has 32 heavy (non-hydrogen) atoms. The van der Waals surface area contributed by atoms with Crippen LogP contribution >= 0.6 is 0 Å². The van der Waals surface area contributed by atoms with E-state index >= 15 is 0 Å². The van der Waals surface area contributed by atoms with Gasteiger partial charge in [0.05, 0.1) is 31.0 Å². The van der Waals surface area contributed by atoms with Crippen LogP contribution in [0.4, 0.5) is 0 Å². The summed E-state index contributed by atoms with van der Waals surface area (Å²) in [5.41, 5.74) is 3.67. The summed E-state index contributed by atoms with van der Waals surface area (Å²) in [6.45, 7) is 3.90. The van der Waals surface area contributed by atoms with Gasteiger partial charge in [0.25, 0.3) is 11.7 Å². The number of rotatable bonds is 5. The molecule has 0 spiro atoms. The number of ether oxygens (including phenoxy) is 1. The molecule has 1 aliphatic heterocycles. The molecular formula is C26H24N2O4. The quantitative estimate of drug-likeness (QED) is 0.372. The van der Waals surface area contributed by atoms with Gasteiger partial charge in [-0.2, -0.15) is 0 Å². The van der Waals surface area contributed by atoms with E-state index in [-0.39, 0.29) is 17.9 Å². The van der Waals surface area contributed by atoms with E-state index in [9.17, 15) is 14.7 Å². The van der Waals surface area contributed by atoms with Crippen molar-refractivity contribution < 1.29 is 19.4 Å². The van der Waals surface area contributed by atoms with Crippen molar-refractivity contribution in [3.05, 3.63) is 100 Å². The van der Waals surface area contributed by atoms with E-state index in [0.29, 0.717) is 17.0 Å². The van der Waals surface area contributed by atoms with E-state index in [4.69, 9.17) is 4.74 Å². The average Bonchev–Trinajstić information content (AvgIpc) is 3.04. The fraction of sp³-hybridized carbons (Fsp3) is 0.192. The molecule has 1 aliphatic rings. The molecule has 6 heteroatoms. The summed E-state index contributed by atoms with van der Waals surface area (Å²) < 4.78 is 5.25. The predicted octanol–water partition coefficient (Wildman–Crippen LogP) is 4.33. The minimum Gasteiger partial charge on any atom is -0.507 e. The molecule has 1 unspecified atom stereocenters. The molecule has 0 saturated carbocycles. The number of hydrogen-bond donors (Lipinski definition) is 1. The van der Waals surface area contributed by atoms with Gasteiger partial charge in [-0.15, -0.1) is 0 Å². The van der Waals surface area contributed by atoms with Crippen molar-refractivity contribution in [2.75, 3.05) is 7.11 Å². The third-order valence-electron chi connectivity index (χ3n) is 5.77. The Kier molecular flexibility index (Phi) is 5.77. The Morgan fingerprint density at radius 2 is 1.78 bits per heavy atom. The first-order valence-electron chi connectivity index (χ1n) is 10.3. The van der Waals surface area contributed by atoms with Gasteiger partial charge in [0.1, 0.15) is 11.5 Å². The maximum absolute atomic E-state index is 13.2. The number of aromatic nitrogens is 1. The van der Waals surface area contributed by atoms with Gasteiger partial charge in [0.2, 0.25) is 0 Å². The number of Topliss-reactive ketones (excluding diaryl/α,β-unsaturated/α-hetero) is 1. The summed E-state index contributed by atoms with van der Waals surface area (Å²) in [7, 11) is 1.57. The lowest BCUT2D eigenvalue weighted by Crippen LogP contribution is -2.29. The van der Waals surface area contributed by atoms with Crippen LogP contribution in [0, 0.1) is 13.8 Å². The van der Waals surface area contributed by atoms with Crippen LogP contribution in [0.1, 0.15) is 34.0 Å². The van der Waals surface area contributed by atoms with Crippen molar-refractivity contribution in [2.24, 2.45) is 0 Å². The minimum atomic E-state index is -0.722. The van der Waals surface area contributed by atoms with Gasteiger partial charge in [-0.05, 0) is 60.9 Å². The Bertz CT molecular complexity index is 1220. The van der Waals surface area contributed by atoms with Gasteiger partial charge in [-0.3, -0.25) is 14.6 Å². The first-order chi connectivity index (χ1) is 15.4. The van der Waals surface area contributed by atoms with E-state index in [0.717, 1.165) is 16.7 Å². The van der Waals surface area contributed by atoms with Gasteiger partial charge < -0.3 is 14.7 Å². The van der Waals surface area contributed by atoms with E-state index in [1.165, 1.54) is 4.90 Å². The number of aliphatic hydroxyl groups excluding tert-OH is 1. The largest absolute Gasteiger partial charge is 0.507 e. The van der Waals surface area contributed by atoms with Crippen LogP contribution in [0.25, 0.3) is 5.76 Å². The molecule has 4 rings (SSSR count). The molecule has 1 aromatic heterocycles. The molecule has 2 aromatic carbocycles. The van der Waals surface area contributed by atoms with Crippen LogP contribution in [-0.4, -0.2) is 33.8 Å². The summed E-state index contributed by atoms with van der Waals surface area (Å²) in [6.07, 6.45) is 1.65. The molecule has 1 atom stereocenters. The number of likely N-dealkylation sites (tertiary alicyclic amines) is 1. The smallest absolute Gasteiger partial charge is 0.296 e. The van der Waals surface area contributed by atoms with Crippen LogP contribution in [-0.2, 0) is 16.1 Å². The molecule has 3 aromatic rings. The second kappa shape index (κ2) is 8.67. The zero-order valence-corrected chi connectivity index (χ0v) is 18.2. The van der Waals surface area contributed by atoms with Crippen molar-refractivity contribution >= 4 is 17.4 Å². The zero-order chi connectivity index (χ0) is 22.8. The number of ketones is 1. The lowest BCUT2D eigenvalue weighted by Gasteiger charge is -2.26. The van der Waals surface area contributed by atoms with Crippen LogP contribution in [0.3, 0.4) is 0 Å². The van der Waals surface area contributed by atoms with Gasteiger partial charge in [-0.25, -0.2) is 0 Å². The number of benzene rings is 2. The highest BCUT2D eigenvalue weighted by Gasteiger charge is 2.46. The maximum atomic E-state index is 13.2. The number of aryl methyl sites for hydroxylation is 2. The Labute approximate surface area is 186 Å². The van der Waals surface area contributed by atoms with Crippen molar-refractivity contribution in [1.29, 1.82) is 0 Å². The lowest BCUT2D eigenvalue weighted by atomic mass is 9.91. The summed E-state index contributed by atoms with van der Waals surface area (Å²) >= 11 is 0. The molecule has 0 radical (unpaired) electrons.